The van der Waals surface area contributed by atoms with Gasteiger partial charge in [-0.1, -0.05) is 27.2 Å². The topological polar surface area (TPSA) is 114 Å². The summed E-state index contributed by atoms with van der Waals surface area (Å²) in [5.41, 5.74) is -0.264. The Morgan fingerprint density at radius 3 is 2.03 bits per heavy atom. The number of ketones is 1. The number of carbonyl (C=O) groups excluding carboxylic acids is 4. The Hall–Kier alpha value is -1.61. The largest absolute Gasteiger partial charge is 0.376 e. The number of amides is 3. The van der Waals surface area contributed by atoms with Crippen LogP contribution < -0.4 is 16.0 Å². The molecule has 0 bridgehead atoms. The van der Waals surface area contributed by atoms with Crippen LogP contribution >= 0.6 is 12.6 Å². The third kappa shape index (κ3) is 11.5. The first-order chi connectivity index (χ1) is 14.1. The number of Topliss-reactive ketones (excluding diaryl/α,β-unsaturated/α-hetero) is 1. The molecule has 0 heterocycles. The van der Waals surface area contributed by atoms with Gasteiger partial charge in [0.05, 0.1) is 22.9 Å². The summed E-state index contributed by atoms with van der Waals surface area (Å²) in [7, 11) is 0. The number of carbonyl (C=O) groups is 4. The summed E-state index contributed by atoms with van der Waals surface area (Å²) in [6.07, 6.45) is 2.30. The van der Waals surface area contributed by atoms with Crippen molar-refractivity contribution in [2.24, 2.45) is 5.92 Å². The lowest BCUT2D eigenvalue weighted by Crippen LogP contribution is -2.52. The highest BCUT2D eigenvalue weighted by molar-refractivity contribution is 7.82. The maximum atomic E-state index is 12.5. The number of nitrogens with one attached hydrogen (secondary N) is 3. The Morgan fingerprint density at radius 1 is 0.935 bits per heavy atom. The van der Waals surface area contributed by atoms with E-state index in [2.05, 4.69) is 35.5 Å². The van der Waals surface area contributed by atoms with Crippen LogP contribution in [0.25, 0.3) is 0 Å². The van der Waals surface area contributed by atoms with Crippen molar-refractivity contribution in [3.8, 4) is 0 Å². The van der Waals surface area contributed by atoms with Gasteiger partial charge < -0.3 is 20.7 Å². The van der Waals surface area contributed by atoms with E-state index in [1.165, 1.54) is 6.92 Å². The maximum Gasteiger partial charge on any atom is 0.242 e. The van der Waals surface area contributed by atoms with Gasteiger partial charge in [0.25, 0.3) is 0 Å². The van der Waals surface area contributed by atoms with Crippen LogP contribution in [0, 0.1) is 5.92 Å². The molecular formula is C22H41N3O5S. The van der Waals surface area contributed by atoms with Gasteiger partial charge in [-0.05, 0) is 47.5 Å². The van der Waals surface area contributed by atoms with E-state index >= 15 is 0 Å². The van der Waals surface area contributed by atoms with E-state index in [0.717, 1.165) is 12.8 Å². The molecule has 0 aliphatic carbocycles. The molecule has 0 aliphatic rings. The first kappa shape index (κ1) is 29.4. The monoisotopic (exact) mass is 459 g/mol. The van der Waals surface area contributed by atoms with Crippen LogP contribution in [0.4, 0.5) is 0 Å². The molecule has 0 saturated heterocycles. The standard InChI is InChI=1S/C22H41N3O5S/c1-9-10-21(6,7)30-12-11-22(8,31)20(29)25-16(5)19(28)23-13-17(26)24-15(4)18(27)14(2)3/h14-16,31H,9-13H2,1-8H3,(H,23,28)(H,24,26)(H,25,29). The van der Waals surface area contributed by atoms with Crippen molar-refractivity contribution in [1.29, 1.82) is 0 Å². The third-order valence-electron chi connectivity index (χ3n) is 4.96. The van der Waals surface area contributed by atoms with E-state index in [9.17, 15) is 19.2 Å². The molecule has 0 aromatic heterocycles. The van der Waals surface area contributed by atoms with Gasteiger partial charge in [-0.25, -0.2) is 0 Å². The van der Waals surface area contributed by atoms with Crippen molar-refractivity contribution in [3.63, 3.8) is 0 Å². The first-order valence-corrected chi connectivity index (χ1v) is 11.4. The van der Waals surface area contributed by atoms with Crippen LogP contribution in [0.3, 0.4) is 0 Å². The molecule has 0 spiro atoms. The minimum atomic E-state index is -1.01. The lowest BCUT2D eigenvalue weighted by atomic mass is 10.0. The summed E-state index contributed by atoms with van der Waals surface area (Å²) < 4.78 is 4.85. The van der Waals surface area contributed by atoms with E-state index < -0.39 is 34.6 Å². The highest BCUT2D eigenvalue weighted by Crippen LogP contribution is 2.22. The fraction of sp³-hybridized carbons (Fsp3) is 0.818. The summed E-state index contributed by atoms with van der Waals surface area (Å²) in [4.78, 5) is 48.6. The van der Waals surface area contributed by atoms with Gasteiger partial charge >= 0.3 is 0 Å². The van der Waals surface area contributed by atoms with Gasteiger partial charge in [-0.3, -0.25) is 19.2 Å². The second-order valence-corrected chi connectivity index (χ2v) is 10.1. The summed E-state index contributed by atoms with van der Waals surface area (Å²) >= 11 is 4.44. The van der Waals surface area contributed by atoms with Crippen molar-refractivity contribution in [2.75, 3.05) is 13.2 Å². The zero-order chi connectivity index (χ0) is 24.4. The van der Waals surface area contributed by atoms with E-state index in [-0.39, 0.29) is 23.8 Å². The van der Waals surface area contributed by atoms with Crippen molar-refractivity contribution in [1.82, 2.24) is 16.0 Å². The van der Waals surface area contributed by atoms with E-state index in [1.54, 1.807) is 27.7 Å². The molecule has 3 unspecified atom stereocenters. The lowest BCUT2D eigenvalue weighted by molar-refractivity contribution is -0.132. The van der Waals surface area contributed by atoms with Crippen molar-refractivity contribution in [3.05, 3.63) is 0 Å². The Labute approximate surface area is 192 Å². The van der Waals surface area contributed by atoms with Crippen molar-refractivity contribution in [2.45, 2.75) is 97.1 Å². The molecule has 0 aromatic carbocycles. The molecule has 0 aliphatic heterocycles. The third-order valence-corrected chi connectivity index (χ3v) is 5.39. The molecule has 8 nitrogen and oxygen atoms in total. The minimum Gasteiger partial charge on any atom is -0.376 e. The fourth-order valence-electron chi connectivity index (χ4n) is 2.92. The number of ether oxygens (including phenoxy) is 1. The molecule has 3 N–H and O–H groups in total. The molecule has 31 heavy (non-hydrogen) atoms. The average molecular weight is 460 g/mol. The minimum absolute atomic E-state index is 0.0876. The van der Waals surface area contributed by atoms with Crippen LogP contribution in [-0.4, -0.2) is 59.1 Å². The van der Waals surface area contributed by atoms with Gasteiger partial charge in [0.2, 0.25) is 17.7 Å². The van der Waals surface area contributed by atoms with E-state index in [4.69, 9.17) is 4.74 Å². The van der Waals surface area contributed by atoms with E-state index in [1.807, 2.05) is 13.8 Å². The van der Waals surface area contributed by atoms with Crippen LogP contribution in [-0.2, 0) is 23.9 Å². The van der Waals surface area contributed by atoms with Crippen LogP contribution in [0.15, 0.2) is 0 Å². The molecule has 0 aromatic rings. The lowest BCUT2D eigenvalue weighted by Gasteiger charge is -2.29. The second kappa shape index (κ2) is 13.1. The highest BCUT2D eigenvalue weighted by atomic mass is 32.1. The van der Waals surface area contributed by atoms with Gasteiger partial charge in [0.1, 0.15) is 6.04 Å². The number of rotatable bonds is 14. The number of hydrogen-bond acceptors (Lipinski definition) is 6. The second-order valence-electron chi connectivity index (χ2n) is 9.14. The Kier molecular flexibility index (Phi) is 12.4. The molecule has 0 fully saturated rings. The molecule has 3 amide bonds. The molecule has 0 saturated carbocycles. The van der Waals surface area contributed by atoms with Gasteiger partial charge in [0.15, 0.2) is 5.78 Å². The SMILES string of the molecule is CCCC(C)(C)OCCC(C)(S)C(=O)NC(C)C(=O)NCC(=O)NC(C)C(=O)C(C)C. The van der Waals surface area contributed by atoms with Crippen molar-refractivity contribution < 1.29 is 23.9 Å². The van der Waals surface area contributed by atoms with Crippen LogP contribution in [0.5, 0.6) is 0 Å². The fourth-order valence-corrected chi connectivity index (χ4v) is 3.07. The predicted molar refractivity (Wildman–Crippen MR) is 125 cm³/mol. The molecule has 0 radical (unpaired) electrons. The molecule has 180 valence electrons. The van der Waals surface area contributed by atoms with E-state index in [0.29, 0.717) is 13.0 Å². The average Bonchev–Trinajstić information content (AvgIpc) is 2.64. The number of hydrogen-bond donors (Lipinski definition) is 4. The normalized spacial score (nSPS) is 15.5. The highest BCUT2D eigenvalue weighted by Gasteiger charge is 2.32. The van der Waals surface area contributed by atoms with Crippen molar-refractivity contribution >= 4 is 36.1 Å². The molecule has 9 heteroatoms. The zero-order valence-electron chi connectivity index (χ0n) is 20.3. The first-order valence-electron chi connectivity index (χ1n) is 10.9. The summed E-state index contributed by atoms with van der Waals surface area (Å²) in [5.74, 6) is -1.65. The molecular weight excluding hydrogens is 418 g/mol. The Balaban J connectivity index is 4.50. The smallest absolute Gasteiger partial charge is 0.242 e. The number of thiol groups is 1. The molecule has 0 rings (SSSR count). The van der Waals surface area contributed by atoms with Crippen LogP contribution in [0.1, 0.15) is 74.7 Å². The van der Waals surface area contributed by atoms with Gasteiger partial charge in [-0.15, -0.1) is 0 Å². The van der Waals surface area contributed by atoms with Gasteiger partial charge in [-0.2, -0.15) is 12.6 Å². The zero-order valence-corrected chi connectivity index (χ0v) is 21.2. The predicted octanol–water partition coefficient (Wildman–Crippen LogP) is 2.01. The molecule has 3 atom stereocenters. The maximum absolute atomic E-state index is 12.5. The summed E-state index contributed by atoms with van der Waals surface area (Å²) in [6, 6.07) is -1.48. The summed E-state index contributed by atoms with van der Waals surface area (Å²) in [5, 5.41) is 7.63. The van der Waals surface area contributed by atoms with Gasteiger partial charge in [0, 0.05) is 12.5 Å². The van der Waals surface area contributed by atoms with Crippen LogP contribution in [0.2, 0.25) is 0 Å². The quantitative estimate of drug-likeness (QED) is 0.297. The Morgan fingerprint density at radius 2 is 1.52 bits per heavy atom. The Bertz CT molecular complexity index is 635. The summed E-state index contributed by atoms with van der Waals surface area (Å²) in [6.45, 7) is 14.5.